The van der Waals surface area contributed by atoms with Gasteiger partial charge in [0.2, 0.25) is 0 Å². The molecular weight excluding hydrogens is 341 g/mol. The van der Waals surface area contributed by atoms with E-state index < -0.39 is 0 Å². The second-order valence-electron chi connectivity index (χ2n) is 5.49. The van der Waals surface area contributed by atoms with Gasteiger partial charge in [0.15, 0.2) is 5.65 Å². The maximum Gasteiger partial charge on any atom is 0.158 e. The minimum absolute atomic E-state index is 0.350. The summed E-state index contributed by atoms with van der Waals surface area (Å²) in [4.78, 5) is 4.53. The van der Waals surface area contributed by atoms with Crippen molar-refractivity contribution in [3.05, 3.63) is 81.5 Å². The highest BCUT2D eigenvalue weighted by atomic mass is 35.5. The number of hydrogen-bond acceptors (Lipinski definition) is 2. The van der Waals surface area contributed by atoms with Crippen molar-refractivity contribution < 1.29 is 0 Å². The molecule has 2 aromatic carbocycles. The minimum Gasteiger partial charge on any atom is -0.281 e. The molecule has 24 heavy (non-hydrogen) atoms. The molecule has 0 aliphatic heterocycles. The smallest absolute Gasteiger partial charge is 0.158 e. The topological polar surface area (TPSA) is 41.1 Å². The van der Waals surface area contributed by atoms with Crippen molar-refractivity contribution in [1.82, 2.24) is 9.38 Å². The molecule has 0 saturated heterocycles. The van der Waals surface area contributed by atoms with E-state index >= 15 is 0 Å². The molecule has 0 unspecified atom stereocenters. The number of benzene rings is 2. The van der Waals surface area contributed by atoms with Crippen LogP contribution in [0.5, 0.6) is 0 Å². The third-order valence-electron chi connectivity index (χ3n) is 4.05. The number of aromatic nitrogens is 2. The largest absolute Gasteiger partial charge is 0.281 e. The maximum atomic E-state index is 9.59. The van der Waals surface area contributed by atoms with Gasteiger partial charge >= 0.3 is 0 Å². The third kappa shape index (κ3) is 2.24. The van der Waals surface area contributed by atoms with Gasteiger partial charge in [0.1, 0.15) is 16.8 Å². The van der Waals surface area contributed by atoms with Crippen LogP contribution in [-0.2, 0) is 6.42 Å². The number of pyridine rings is 1. The molecule has 4 aromatic rings. The van der Waals surface area contributed by atoms with Gasteiger partial charge in [-0.05, 0) is 17.7 Å². The lowest BCUT2D eigenvalue weighted by Crippen LogP contribution is -2.01. The van der Waals surface area contributed by atoms with E-state index in [1.165, 1.54) is 0 Å². The molecule has 4 rings (SSSR count). The predicted molar refractivity (Wildman–Crippen MR) is 96.7 cm³/mol. The molecule has 0 bridgehead atoms. The zero-order valence-corrected chi connectivity index (χ0v) is 14.0. The quantitative estimate of drug-likeness (QED) is 0.462. The van der Waals surface area contributed by atoms with Gasteiger partial charge in [0, 0.05) is 12.0 Å². The number of para-hydroxylation sites is 2. The van der Waals surface area contributed by atoms with Crippen LogP contribution in [0, 0.1) is 11.3 Å². The van der Waals surface area contributed by atoms with Crippen molar-refractivity contribution in [2.24, 2.45) is 0 Å². The number of rotatable bonds is 2. The van der Waals surface area contributed by atoms with Crippen molar-refractivity contribution >= 4 is 39.9 Å². The summed E-state index contributed by atoms with van der Waals surface area (Å²) < 4.78 is 1.81. The molecule has 2 heterocycles. The number of hydrogen-bond donors (Lipinski definition) is 0. The van der Waals surface area contributed by atoms with Gasteiger partial charge in [-0.15, -0.1) is 0 Å². The number of imidazole rings is 1. The Bertz CT molecular complexity index is 1110. The fourth-order valence-electron chi connectivity index (χ4n) is 2.92. The van der Waals surface area contributed by atoms with Gasteiger partial charge < -0.3 is 0 Å². The summed E-state index contributed by atoms with van der Waals surface area (Å²) in [6.45, 7) is 0. The van der Waals surface area contributed by atoms with Crippen LogP contribution in [0.4, 0.5) is 0 Å². The Balaban J connectivity index is 2.07. The first-order valence-corrected chi connectivity index (χ1v) is 8.17. The number of fused-ring (bicyclic) bond motifs is 3. The Morgan fingerprint density at radius 1 is 1.00 bits per heavy atom. The average Bonchev–Trinajstić information content (AvgIpc) is 2.99. The molecule has 0 amide bonds. The highest BCUT2D eigenvalue weighted by Gasteiger charge is 2.20. The highest BCUT2D eigenvalue weighted by molar-refractivity contribution is 6.37. The summed E-state index contributed by atoms with van der Waals surface area (Å²) >= 11 is 13.2. The number of halogens is 2. The summed E-state index contributed by atoms with van der Waals surface area (Å²) in [7, 11) is 0. The Hall–Kier alpha value is -2.54. The standard InChI is InChI=1S/C19H11Cl2N3/c20-17-13(10-12-6-2-1-3-7-12)18(21)24-16-9-5-4-8-15(16)23-19(24)14(17)11-22/h1-9H,10H2. The van der Waals surface area contributed by atoms with Crippen LogP contribution < -0.4 is 0 Å². The molecule has 2 aromatic heterocycles. The van der Waals surface area contributed by atoms with Gasteiger partial charge in [0.05, 0.1) is 16.1 Å². The van der Waals surface area contributed by atoms with E-state index in [-0.39, 0.29) is 0 Å². The zero-order chi connectivity index (χ0) is 16.7. The molecule has 0 aliphatic rings. The van der Waals surface area contributed by atoms with E-state index in [9.17, 15) is 5.26 Å². The van der Waals surface area contributed by atoms with Gasteiger partial charge in [-0.25, -0.2) is 4.98 Å². The van der Waals surface area contributed by atoms with Crippen molar-refractivity contribution in [2.75, 3.05) is 0 Å². The molecule has 0 N–H and O–H groups in total. The summed E-state index contributed by atoms with van der Waals surface area (Å²) in [5.41, 5.74) is 4.29. The predicted octanol–water partition coefficient (Wildman–Crippen LogP) is 5.26. The SMILES string of the molecule is N#Cc1c(Cl)c(Cc2ccccc2)c(Cl)n2c1nc1ccccc12. The van der Waals surface area contributed by atoms with Crippen LogP contribution in [0.2, 0.25) is 10.2 Å². The van der Waals surface area contributed by atoms with E-state index in [4.69, 9.17) is 23.2 Å². The van der Waals surface area contributed by atoms with Gasteiger partial charge in [-0.2, -0.15) is 5.26 Å². The van der Waals surface area contributed by atoms with E-state index in [1.807, 2.05) is 54.6 Å². The lowest BCUT2D eigenvalue weighted by atomic mass is 10.0. The first kappa shape index (κ1) is 15.0. The Morgan fingerprint density at radius 2 is 1.71 bits per heavy atom. The Kier molecular flexibility index (Phi) is 3.65. The van der Waals surface area contributed by atoms with Crippen molar-refractivity contribution in [2.45, 2.75) is 6.42 Å². The second-order valence-corrected chi connectivity index (χ2v) is 6.23. The van der Waals surface area contributed by atoms with Crippen molar-refractivity contribution in [1.29, 1.82) is 5.26 Å². The fraction of sp³-hybridized carbons (Fsp3) is 0.0526. The molecule has 5 heteroatoms. The zero-order valence-electron chi connectivity index (χ0n) is 12.5. The molecule has 116 valence electrons. The normalized spacial score (nSPS) is 11.0. The monoisotopic (exact) mass is 351 g/mol. The maximum absolute atomic E-state index is 9.59. The molecular formula is C19H11Cl2N3. The first-order chi connectivity index (χ1) is 11.7. The summed E-state index contributed by atoms with van der Waals surface area (Å²) in [5, 5.41) is 10.5. The number of nitrogens with zero attached hydrogens (tertiary/aromatic N) is 3. The first-order valence-electron chi connectivity index (χ1n) is 7.41. The summed E-state index contributed by atoms with van der Waals surface area (Å²) in [6.07, 6.45) is 0.551. The van der Waals surface area contributed by atoms with Crippen LogP contribution >= 0.6 is 23.2 Å². The van der Waals surface area contributed by atoms with E-state index in [1.54, 1.807) is 4.40 Å². The van der Waals surface area contributed by atoms with E-state index in [0.29, 0.717) is 27.8 Å². The van der Waals surface area contributed by atoms with Gasteiger partial charge in [0.25, 0.3) is 0 Å². The minimum atomic E-state index is 0.350. The summed E-state index contributed by atoms with van der Waals surface area (Å²) in [5.74, 6) is 0. The van der Waals surface area contributed by atoms with Crippen molar-refractivity contribution in [3.8, 4) is 6.07 Å². The third-order valence-corrected chi connectivity index (χ3v) is 4.86. The molecule has 0 radical (unpaired) electrons. The van der Waals surface area contributed by atoms with Crippen LogP contribution in [0.25, 0.3) is 16.7 Å². The van der Waals surface area contributed by atoms with Crippen molar-refractivity contribution in [3.63, 3.8) is 0 Å². The molecule has 0 saturated carbocycles. The summed E-state index contributed by atoms with van der Waals surface area (Å²) in [6, 6.07) is 19.7. The molecule has 0 spiro atoms. The van der Waals surface area contributed by atoms with Gasteiger partial charge in [-0.3, -0.25) is 4.40 Å². The molecule has 3 nitrogen and oxygen atoms in total. The molecule has 0 aliphatic carbocycles. The average molecular weight is 352 g/mol. The van der Waals surface area contributed by atoms with E-state index in [2.05, 4.69) is 11.1 Å². The Labute approximate surface area is 148 Å². The second kappa shape index (κ2) is 5.83. The lowest BCUT2D eigenvalue weighted by Gasteiger charge is -2.12. The van der Waals surface area contributed by atoms with Gasteiger partial charge in [-0.1, -0.05) is 65.7 Å². The molecule has 0 atom stereocenters. The lowest BCUT2D eigenvalue weighted by molar-refractivity contribution is 1.11. The van der Waals surface area contributed by atoms with Crippen LogP contribution in [-0.4, -0.2) is 9.38 Å². The van der Waals surface area contributed by atoms with Crippen LogP contribution in [0.15, 0.2) is 54.6 Å². The highest BCUT2D eigenvalue weighted by Crippen LogP contribution is 2.35. The van der Waals surface area contributed by atoms with Crippen LogP contribution in [0.1, 0.15) is 16.7 Å². The Morgan fingerprint density at radius 3 is 2.46 bits per heavy atom. The molecule has 0 fully saturated rings. The number of nitriles is 1. The van der Waals surface area contributed by atoms with Crippen LogP contribution in [0.3, 0.4) is 0 Å². The fourth-order valence-corrected chi connectivity index (χ4v) is 3.58. The van der Waals surface area contributed by atoms with E-state index in [0.717, 1.165) is 22.2 Å².